The maximum Gasteiger partial charge on any atom is 0.236 e. The van der Waals surface area contributed by atoms with Crippen LogP contribution in [0.15, 0.2) is 6.33 Å². The first-order valence-electron chi connectivity index (χ1n) is 7.26. The van der Waals surface area contributed by atoms with Gasteiger partial charge in [0.1, 0.15) is 12.2 Å². The average molecular weight is 279 g/mol. The van der Waals surface area contributed by atoms with Crippen molar-refractivity contribution in [2.24, 2.45) is 0 Å². The number of piperidine rings is 1. The van der Waals surface area contributed by atoms with Crippen molar-refractivity contribution < 1.29 is 9.53 Å². The van der Waals surface area contributed by atoms with Gasteiger partial charge in [-0.05, 0) is 12.8 Å². The fourth-order valence-corrected chi connectivity index (χ4v) is 2.89. The first kappa shape index (κ1) is 13.5. The highest BCUT2D eigenvalue weighted by Gasteiger charge is 2.27. The van der Waals surface area contributed by atoms with Crippen LogP contribution >= 0.6 is 0 Å². The van der Waals surface area contributed by atoms with Gasteiger partial charge in [0.15, 0.2) is 0 Å². The van der Waals surface area contributed by atoms with Crippen LogP contribution in [0.2, 0.25) is 0 Å². The number of ether oxygens (including phenoxy) is 1. The molecule has 20 heavy (non-hydrogen) atoms. The molecule has 1 amide bonds. The maximum atomic E-state index is 12.4. The van der Waals surface area contributed by atoms with E-state index in [1.54, 1.807) is 0 Å². The first-order chi connectivity index (χ1) is 9.83. The summed E-state index contributed by atoms with van der Waals surface area (Å²) in [5.74, 6) is 1.41. The highest BCUT2D eigenvalue weighted by molar-refractivity contribution is 5.78. The number of morpholine rings is 1. The molecule has 1 aromatic rings. The zero-order chi connectivity index (χ0) is 13.8. The van der Waals surface area contributed by atoms with Gasteiger partial charge in [-0.3, -0.25) is 14.8 Å². The number of aromatic amines is 1. The van der Waals surface area contributed by atoms with Crippen LogP contribution in [0.25, 0.3) is 0 Å². The molecule has 3 heterocycles. The zero-order valence-electron chi connectivity index (χ0n) is 11.6. The minimum absolute atomic E-state index is 0.219. The van der Waals surface area contributed by atoms with Crippen molar-refractivity contribution in [3.63, 3.8) is 0 Å². The summed E-state index contributed by atoms with van der Waals surface area (Å²) in [4.78, 5) is 20.7. The molecule has 0 aliphatic carbocycles. The molecular weight excluding hydrogens is 258 g/mol. The molecule has 0 radical (unpaired) electrons. The monoisotopic (exact) mass is 279 g/mol. The summed E-state index contributed by atoms with van der Waals surface area (Å²) in [6.07, 6.45) is 3.63. The van der Waals surface area contributed by atoms with Crippen molar-refractivity contribution in [3.8, 4) is 0 Å². The van der Waals surface area contributed by atoms with Gasteiger partial charge >= 0.3 is 0 Å². The number of hydrogen-bond acceptors (Lipinski definition) is 5. The molecule has 0 aromatic carbocycles. The van der Waals surface area contributed by atoms with Crippen molar-refractivity contribution in [1.82, 2.24) is 25.0 Å². The number of hydrogen-bond donors (Lipinski definition) is 1. The Bertz CT molecular complexity index is 430. The van der Waals surface area contributed by atoms with Crippen LogP contribution in [-0.4, -0.2) is 76.8 Å². The Balaban J connectivity index is 1.54. The second kappa shape index (κ2) is 6.32. The number of nitrogens with one attached hydrogen (secondary N) is 1. The van der Waals surface area contributed by atoms with Crippen molar-refractivity contribution in [2.75, 3.05) is 45.9 Å². The maximum absolute atomic E-state index is 12.4. The molecule has 1 N–H and O–H groups in total. The third kappa shape index (κ3) is 3.16. The second-order valence-electron chi connectivity index (χ2n) is 5.44. The molecule has 0 spiro atoms. The Morgan fingerprint density at radius 3 is 3.00 bits per heavy atom. The Morgan fingerprint density at radius 1 is 1.40 bits per heavy atom. The largest absolute Gasteiger partial charge is 0.379 e. The van der Waals surface area contributed by atoms with Gasteiger partial charge in [0.05, 0.1) is 19.8 Å². The van der Waals surface area contributed by atoms with Gasteiger partial charge in [0, 0.05) is 32.1 Å². The van der Waals surface area contributed by atoms with Crippen molar-refractivity contribution >= 4 is 5.91 Å². The van der Waals surface area contributed by atoms with E-state index in [1.165, 1.54) is 6.33 Å². The predicted molar refractivity (Wildman–Crippen MR) is 72.2 cm³/mol. The molecule has 2 aliphatic heterocycles. The summed E-state index contributed by atoms with van der Waals surface area (Å²) in [6, 6.07) is 0. The SMILES string of the molecule is O=C(CN1CCOCC1)N1CCCC(c2ncn[nH]2)C1. The van der Waals surface area contributed by atoms with Crippen LogP contribution in [0.1, 0.15) is 24.6 Å². The average Bonchev–Trinajstić information content (AvgIpc) is 3.03. The molecule has 7 heteroatoms. The number of carbonyl (C=O) groups is 1. The van der Waals surface area contributed by atoms with Crippen LogP contribution in [0, 0.1) is 0 Å². The van der Waals surface area contributed by atoms with E-state index in [1.807, 2.05) is 4.90 Å². The molecule has 110 valence electrons. The van der Waals surface area contributed by atoms with Crippen LogP contribution in [0.3, 0.4) is 0 Å². The normalized spacial score (nSPS) is 24.8. The van der Waals surface area contributed by atoms with Gasteiger partial charge in [-0.2, -0.15) is 5.10 Å². The van der Waals surface area contributed by atoms with Crippen molar-refractivity contribution in [1.29, 1.82) is 0 Å². The van der Waals surface area contributed by atoms with Gasteiger partial charge in [-0.25, -0.2) is 4.98 Å². The van der Waals surface area contributed by atoms with Gasteiger partial charge in [0.25, 0.3) is 0 Å². The fraction of sp³-hybridized carbons (Fsp3) is 0.769. The van der Waals surface area contributed by atoms with Crippen LogP contribution in [0.4, 0.5) is 0 Å². The molecule has 1 atom stereocenters. The molecule has 1 unspecified atom stereocenters. The number of H-pyrrole nitrogens is 1. The number of carbonyl (C=O) groups excluding carboxylic acids is 1. The van der Waals surface area contributed by atoms with Crippen molar-refractivity contribution in [3.05, 3.63) is 12.2 Å². The van der Waals surface area contributed by atoms with Crippen LogP contribution in [-0.2, 0) is 9.53 Å². The molecule has 0 saturated carbocycles. The minimum Gasteiger partial charge on any atom is -0.379 e. The summed E-state index contributed by atoms with van der Waals surface area (Å²) in [7, 11) is 0. The second-order valence-corrected chi connectivity index (χ2v) is 5.44. The Kier molecular flexibility index (Phi) is 4.27. The lowest BCUT2D eigenvalue weighted by Gasteiger charge is -2.34. The van der Waals surface area contributed by atoms with E-state index >= 15 is 0 Å². The number of likely N-dealkylation sites (tertiary alicyclic amines) is 1. The van der Waals surface area contributed by atoms with E-state index in [4.69, 9.17) is 4.74 Å². The minimum atomic E-state index is 0.219. The molecule has 1 aromatic heterocycles. The number of rotatable bonds is 3. The Hall–Kier alpha value is -1.47. The lowest BCUT2D eigenvalue weighted by atomic mass is 9.97. The fourth-order valence-electron chi connectivity index (χ4n) is 2.89. The van der Waals surface area contributed by atoms with Gasteiger partial charge < -0.3 is 9.64 Å². The zero-order valence-corrected chi connectivity index (χ0v) is 11.6. The smallest absolute Gasteiger partial charge is 0.236 e. The van der Waals surface area contributed by atoms with Crippen LogP contribution < -0.4 is 0 Å². The predicted octanol–water partition coefficient (Wildman–Crippen LogP) is -0.157. The highest BCUT2D eigenvalue weighted by Crippen LogP contribution is 2.24. The van der Waals surface area contributed by atoms with E-state index in [-0.39, 0.29) is 5.91 Å². The third-order valence-electron chi connectivity index (χ3n) is 4.06. The standard InChI is InChI=1S/C13H21N5O2/c19-12(9-17-4-6-20-7-5-17)18-3-1-2-11(8-18)13-14-10-15-16-13/h10-11H,1-9H2,(H,14,15,16). The van der Waals surface area contributed by atoms with E-state index in [0.29, 0.717) is 12.5 Å². The van der Waals surface area contributed by atoms with Gasteiger partial charge in [0.2, 0.25) is 5.91 Å². The molecule has 2 aliphatic rings. The summed E-state index contributed by atoms with van der Waals surface area (Å²) in [6.45, 7) is 5.27. The Labute approximate surface area is 118 Å². The summed E-state index contributed by atoms with van der Waals surface area (Å²) in [5.41, 5.74) is 0. The molecule has 0 bridgehead atoms. The number of amides is 1. The molecule has 7 nitrogen and oxygen atoms in total. The molecular formula is C13H21N5O2. The summed E-state index contributed by atoms with van der Waals surface area (Å²) in [5, 5.41) is 6.82. The lowest BCUT2D eigenvalue weighted by molar-refractivity contribution is -0.134. The van der Waals surface area contributed by atoms with Gasteiger partial charge in [-0.15, -0.1) is 0 Å². The van der Waals surface area contributed by atoms with Gasteiger partial charge in [-0.1, -0.05) is 0 Å². The number of aromatic nitrogens is 3. The molecule has 2 saturated heterocycles. The Morgan fingerprint density at radius 2 is 2.25 bits per heavy atom. The van der Waals surface area contributed by atoms with Crippen LogP contribution in [0.5, 0.6) is 0 Å². The van der Waals surface area contributed by atoms with E-state index in [0.717, 1.165) is 58.1 Å². The van der Waals surface area contributed by atoms with E-state index in [9.17, 15) is 4.79 Å². The molecule has 2 fully saturated rings. The summed E-state index contributed by atoms with van der Waals surface area (Å²) < 4.78 is 5.31. The van der Waals surface area contributed by atoms with E-state index in [2.05, 4.69) is 20.1 Å². The quantitative estimate of drug-likeness (QED) is 0.832. The number of nitrogens with zero attached hydrogens (tertiary/aromatic N) is 4. The third-order valence-corrected chi connectivity index (χ3v) is 4.06. The first-order valence-corrected chi connectivity index (χ1v) is 7.26. The summed E-state index contributed by atoms with van der Waals surface area (Å²) >= 11 is 0. The van der Waals surface area contributed by atoms with Crippen molar-refractivity contribution in [2.45, 2.75) is 18.8 Å². The topological polar surface area (TPSA) is 74.3 Å². The lowest BCUT2D eigenvalue weighted by Crippen LogP contribution is -2.47. The molecule has 3 rings (SSSR count). The van der Waals surface area contributed by atoms with E-state index < -0.39 is 0 Å². The highest BCUT2D eigenvalue weighted by atomic mass is 16.5.